The fourth-order valence-electron chi connectivity index (χ4n) is 1.90. The van der Waals surface area contributed by atoms with Crippen molar-refractivity contribution in [2.24, 2.45) is 5.92 Å². The Morgan fingerprint density at radius 1 is 0.962 bits per heavy atom. The molecule has 0 bridgehead atoms. The van der Waals surface area contributed by atoms with Crippen molar-refractivity contribution in [3.05, 3.63) is 17.7 Å². The van der Waals surface area contributed by atoms with Crippen LogP contribution in [0.5, 0.6) is 17.2 Å². The van der Waals surface area contributed by atoms with Crippen molar-refractivity contribution in [1.82, 2.24) is 10.6 Å². The maximum Gasteiger partial charge on any atom is 0.342 e. The SMILES string of the molecule is COc1cc(OC)c(C(=O)OCC(=O)NC(=O)NCC(C)C)cc1OC. The van der Waals surface area contributed by atoms with E-state index in [0.717, 1.165) is 0 Å². The number of urea groups is 1. The third-order valence-electron chi connectivity index (χ3n) is 3.18. The van der Waals surface area contributed by atoms with Crippen LogP contribution in [0.1, 0.15) is 24.2 Å². The van der Waals surface area contributed by atoms with Crippen LogP contribution in [-0.2, 0) is 9.53 Å². The van der Waals surface area contributed by atoms with E-state index < -0.39 is 24.5 Å². The standard InChI is InChI=1S/C17H24N2O7/c1-10(2)8-18-17(22)19-15(20)9-26-16(21)11-6-13(24-4)14(25-5)7-12(11)23-3/h6-7,10H,8-9H2,1-5H3,(H2,18,19,20,22). The van der Waals surface area contributed by atoms with Crippen molar-refractivity contribution in [2.75, 3.05) is 34.5 Å². The second-order valence-corrected chi connectivity index (χ2v) is 5.64. The number of hydrogen-bond acceptors (Lipinski definition) is 7. The van der Waals surface area contributed by atoms with E-state index in [2.05, 4.69) is 10.6 Å². The summed E-state index contributed by atoms with van der Waals surface area (Å²) >= 11 is 0. The molecule has 9 nitrogen and oxygen atoms in total. The number of imide groups is 1. The molecule has 0 radical (unpaired) electrons. The maximum absolute atomic E-state index is 12.2. The Labute approximate surface area is 151 Å². The lowest BCUT2D eigenvalue weighted by atomic mass is 10.1. The van der Waals surface area contributed by atoms with Gasteiger partial charge in [-0.2, -0.15) is 0 Å². The van der Waals surface area contributed by atoms with Gasteiger partial charge in [-0.05, 0) is 5.92 Å². The third kappa shape index (κ3) is 6.15. The van der Waals surface area contributed by atoms with E-state index in [4.69, 9.17) is 18.9 Å². The average molecular weight is 368 g/mol. The molecule has 0 unspecified atom stereocenters. The van der Waals surface area contributed by atoms with E-state index in [1.165, 1.54) is 33.5 Å². The Bertz CT molecular complexity index is 659. The molecule has 144 valence electrons. The average Bonchev–Trinajstić information content (AvgIpc) is 2.63. The van der Waals surface area contributed by atoms with Gasteiger partial charge in [-0.1, -0.05) is 13.8 Å². The number of carbonyl (C=O) groups is 3. The third-order valence-corrected chi connectivity index (χ3v) is 3.18. The van der Waals surface area contributed by atoms with E-state index in [9.17, 15) is 14.4 Å². The Morgan fingerprint density at radius 3 is 2.08 bits per heavy atom. The van der Waals surface area contributed by atoms with Gasteiger partial charge in [-0.15, -0.1) is 0 Å². The first-order valence-electron chi connectivity index (χ1n) is 7.87. The summed E-state index contributed by atoms with van der Waals surface area (Å²) in [7, 11) is 4.25. The zero-order valence-corrected chi connectivity index (χ0v) is 15.5. The number of ether oxygens (including phenoxy) is 4. The molecule has 1 aromatic carbocycles. The monoisotopic (exact) mass is 368 g/mol. The fraction of sp³-hybridized carbons (Fsp3) is 0.471. The van der Waals surface area contributed by atoms with Gasteiger partial charge < -0.3 is 24.3 Å². The maximum atomic E-state index is 12.2. The van der Waals surface area contributed by atoms with Gasteiger partial charge in [0.05, 0.1) is 21.3 Å². The molecule has 0 saturated heterocycles. The van der Waals surface area contributed by atoms with Gasteiger partial charge >= 0.3 is 12.0 Å². The Balaban J connectivity index is 2.70. The van der Waals surface area contributed by atoms with Crippen molar-refractivity contribution >= 4 is 17.9 Å². The lowest BCUT2D eigenvalue weighted by Gasteiger charge is -2.13. The highest BCUT2D eigenvalue weighted by Crippen LogP contribution is 2.34. The van der Waals surface area contributed by atoms with Gasteiger partial charge in [0.15, 0.2) is 18.1 Å². The second kappa shape index (κ2) is 10.1. The zero-order chi connectivity index (χ0) is 19.7. The molecule has 1 rings (SSSR count). The van der Waals surface area contributed by atoms with Crippen LogP contribution in [0.25, 0.3) is 0 Å². The summed E-state index contributed by atoms with van der Waals surface area (Å²) in [6.07, 6.45) is 0. The van der Waals surface area contributed by atoms with Gasteiger partial charge in [0.1, 0.15) is 11.3 Å². The van der Waals surface area contributed by atoms with Gasteiger partial charge in [-0.3, -0.25) is 10.1 Å². The van der Waals surface area contributed by atoms with Crippen LogP contribution in [0.2, 0.25) is 0 Å². The molecule has 0 atom stereocenters. The molecule has 0 spiro atoms. The van der Waals surface area contributed by atoms with Crippen LogP contribution in [0.15, 0.2) is 12.1 Å². The first-order chi connectivity index (χ1) is 12.3. The summed E-state index contributed by atoms with van der Waals surface area (Å²) in [6, 6.07) is 2.20. The molecule has 1 aromatic rings. The molecule has 0 heterocycles. The summed E-state index contributed by atoms with van der Waals surface area (Å²) in [5.41, 5.74) is 0.0576. The van der Waals surface area contributed by atoms with Gasteiger partial charge in [0, 0.05) is 18.7 Å². The number of methoxy groups -OCH3 is 3. The molecule has 0 saturated carbocycles. The Kier molecular flexibility index (Phi) is 8.20. The minimum absolute atomic E-state index is 0.0576. The number of esters is 1. The smallest absolute Gasteiger partial charge is 0.342 e. The highest BCUT2D eigenvalue weighted by atomic mass is 16.5. The number of amides is 3. The molecule has 0 aromatic heterocycles. The zero-order valence-electron chi connectivity index (χ0n) is 15.5. The van der Waals surface area contributed by atoms with Crippen LogP contribution in [0, 0.1) is 5.92 Å². The Morgan fingerprint density at radius 2 is 1.54 bits per heavy atom. The minimum Gasteiger partial charge on any atom is -0.496 e. The van der Waals surface area contributed by atoms with Crippen molar-refractivity contribution in [3.8, 4) is 17.2 Å². The first-order valence-corrected chi connectivity index (χ1v) is 7.87. The van der Waals surface area contributed by atoms with Gasteiger partial charge in [-0.25, -0.2) is 9.59 Å². The van der Waals surface area contributed by atoms with Crippen molar-refractivity contribution in [1.29, 1.82) is 0 Å². The summed E-state index contributed by atoms with van der Waals surface area (Å²) in [6.45, 7) is 3.63. The van der Waals surface area contributed by atoms with E-state index in [1.807, 2.05) is 13.8 Å². The number of benzene rings is 1. The highest BCUT2D eigenvalue weighted by Gasteiger charge is 2.20. The number of rotatable bonds is 8. The quantitative estimate of drug-likeness (QED) is 0.666. The summed E-state index contributed by atoms with van der Waals surface area (Å²) in [5, 5.41) is 4.59. The molecule has 26 heavy (non-hydrogen) atoms. The summed E-state index contributed by atoms with van der Waals surface area (Å²) in [4.78, 5) is 35.4. The normalized spacial score (nSPS) is 10.1. The molecule has 2 N–H and O–H groups in total. The molecule has 0 aliphatic heterocycles. The van der Waals surface area contributed by atoms with E-state index >= 15 is 0 Å². The van der Waals surface area contributed by atoms with E-state index in [-0.39, 0.29) is 17.2 Å². The van der Waals surface area contributed by atoms with Crippen LogP contribution in [0.4, 0.5) is 4.79 Å². The topological polar surface area (TPSA) is 112 Å². The number of carbonyl (C=O) groups excluding carboxylic acids is 3. The predicted octanol–water partition coefficient (Wildman–Crippen LogP) is 1.35. The predicted molar refractivity (Wildman–Crippen MR) is 92.8 cm³/mol. The summed E-state index contributed by atoms with van der Waals surface area (Å²) in [5.74, 6) is -0.438. The van der Waals surface area contributed by atoms with Crippen molar-refractivity contribution < 1.29 is 33.3 Å². The molecule has 0 fully saturated rings. The summed E-state index contributed by atoms with van der Waals surface area (Å²) < 4.78 is 20.3. The molecule has 9 heteroatoms. The van der Waals surface area contributed by atoms with Crippen LogP contribution >= 0.6 is 0 Å². The van der Waals surface area contributed by atoms with Gasteiger partial charge in [0.2, 0.25) is 0 Å². The number of hydrogen-bond donors (Lipinski definition) is 2. The lowest BCUT2D eigenvalue weighted by molar-refractivity contribution is -0.123. The Hall–Kier alpha value is -2.97. The first kappa shape index (κ1) is 21.1. The van der Waals surface area contributed by atoms with E-state index in [1.54, 1.807) is 0 Å². The molecule has 0 aliphatic carbocycles. The van der Waals surface area contributed by atoms with Gasteiger partial charge in [0.25, 0.3) is 5.91 Å². The minimum atomic E-state index is -0.805. The van der Waals surface area contributed by atoms with Crippen LogP contribution in [-0.4, -0.2) is 52.4 Å². The van der Waals surface area contributed by atoms with Crippen LogP contribution in [0.3, 0.4) is 0 Å². The molecule has 3 amide bonds. The fourth-order valence-corrected chi connectivity index (χ4v) is 1.90. The molecular formula is C17H24N2O7. The second-order valence-electron chi connectivity index (χ2n) is 5.64. The number of nitrogens with one attached hydrogen (secondary N) is 2. The van der Waals surface area contributed by atoms with Crippen molar-refractivity contribution in [2.45, 2.75) is 13.8 Å². The molecule has 0 aliphatic rings. The van der Waals surface area contributed by atoms with E-state index in [0.29, 0.717) is 18.0 Å². The molecular weight excluding hydrogens is 344 g/mol. The van der Waals surface area contributed by atoms with Crippen LogP contribution < -0.4 is 24.8 Å². The largest absolute Gasteiger partial charge is 0.496 e. The lowest BCUT2D eigenvalue weighted by Crippen LogP contribution is -2.42. The van der Waals surface area contributed by atoms with Crippen molar-refractivity contribution in [3.63, 3.8) is 0 Å². The highest BCUT2D eigenvalue weighted by molar-refractivity contribution is 5.98.